The van der Waals surface area contributed by atoms with Crippen molar-refractivity contribution in [1.82, 2.24) is 9.62 Å². The number of aliphatic carboxylic acids is 1. The van der Waals surface area contributed by atoms with Crippen LogP contribution in [0.5, 0.6) is 0 Å². The largest absolute Gasteiger partial charge is 0.481 e. The van der Waals surface area contributed by atoms with E-state index in [1.165, 1.54) is 17.0 Å². The predicted molar refractivity (Wildman–Crippen MR) is 88.4 cm³/mol. The zero-order valence-electron chi connectivity index (χ0n) is 13.8. The van der Waals surface area contributed by atoms with Crippen LogP contribution >= 0.6 is 0 Å². The molecule has 2 rings (SSSR count). The van der Waals surface area contributed by atoms with E-state index < -0.39 is 16.0 Å². The highest BCUT2D eigenvalue weighted by Gasteiger charge is 2.29. The summed E-state index contributed by atoms with van der Waals surface area (Å²) in [5.41, 5.74) is 0.931. The molecule has 1 aliphatic carbocycles. The smallest absolute Gasteiger partial charge is 0.305 e. The molecule has 1 aliphatic rings. The SMILES string of the molecule is CCN(CCC(=O)O)C(=O)c1cc(S(=O)(=O)NC2CC2)ccc1C. The Morgan fingerprint density at radius 1 is 1.33 bits per heavy atom. The van der Waals surface area contributed by atoms with Crippen molar-refractivity contribution < 1.29 is 23.1 Å². The molecule has 0 unspecified atom stereocenters. The number of rotatable bonds is 8. The van der Waals surface area contributed by atoms with Crippen molar-refractivity contribution in [3.63, 3.8) is 0 Å². The number of carbonyl (C=O) groups is 2. The van der Waals surface area contributed by atoms with Crippen molar-refractivity contribution in [1.29, 1.82) is 0 Å². The second-order valence-corrected chi connectivity index (χ2v) is 7.61. The van der Waals surface area contributed by atoms with Gasteiger partial charge in [0.2, 0.25) is 10.0 Å². The van der Waals surface area contributed by atoms with E-state index in [1.54, 1.807) is 19.9 Å². The third-order valence-electron chi connectivity index (χ3n) is 3.91. The average Bonchev–Trinajstić information content (AvgIpc) is 3.30. The van der Waals surface area contributed by atoms with Crippen LogP contribution in [0.1, 0.15) is 42.1 Å². The number of amides is 1. The second kappa shape index (κ2) is 7.31. The van der Waals surface area contributed by atoms with Crippen LogP contribution in [0.25, 0.3) is 0 Å². The maximum absolute atomic E-state index is 12.6. The normalized spacial score (nSPS) is 14.4. The summed E-state index contributed by atoms with van der Waals surface area (Å²) in [6.45, 7) is 3.91. The molecule has 24 heavy (non-hydrogen) atoms. The first-order chi connectivity index (χ1) is 11.2. The molecular weight excluding hydrogens is 332 g/mol. The van der Waals surface area contributed by atoms with Crippen LogP contribution in [0.4, 0.5) is 0 Å². The Labute approximate surface area is 141 Å². The third-order valence-corrected chi connectivity index (χ3v) is 5.43. The minimum Gasteiger partial charge on any atom is -0.481 e. The summed E-state index contributed by atoms with van der Waals surface area (Å²) >= 11 is 0. The highest BCUT2D eigenvalue weighted by Crippen LogP contribution is 2.23. The third kappa shape index (κ3) is 4.55. The van der Waals surface area contributed by atoms with Crippen LogP contribution in [-0.2, 0) is 14.8 Å². The van der Waals surface area contributed by atoms with Gasteiger partial charge in [-0.1, -0.05) is 6.07 Å². The van der Waals surface area contributed by atoms with E-state index in [2.05, 4.69) is 4.72 Å². The summed E-state index contributed by atoms with van der Waals surface area (Å²) in [5.74, 6) is -1.34. The lowest BCUT2D eigenvalue weighted by Gasteiger charge is -2.21. The standard InChI is InChI=1S/C16H22N2O5S/c1-3-18(9-8-15(19)20)16(21)14-10-13(7-4-11(14)2)24(22,23)17-12-5-6-12/h4,7,10,12,17H,3,5-6,8-9H2,1-2H3,(H,19,20). The summed E-state index contributed by atoms with van der Waals surface area (Å²) in [5, 5.41) is 8.78. The Morgan fingerprint density at radius 2 is 2.00 bits per heavy atom. The van der Waals surface area contributed by atoms with E-state index in [0.717, 1.165) is 12.8 Å². The van der Waals surface area contributed by atoms with Crippen molar-refractivity contribution in [3.05, 3.63) is 29.3 Å². The second-order valence-electron chi connectivity index (χ2n) is 5.90. The first-order valence-corrected chi connectivity index (χ1v) is 9.37. The minimum atomic E-state index is -3.64. The molecule has 0 aromatic heterocycles. The number of carbonyl (C=O) groups excluding carboxylic acids is 1. The van der Waals surface area contributed by atoms with Crippen molar-refractivity contribution in [2.45, 2.75) is 44.0 Å². The number of aryl methyl sites for hydroxylation is 1. The van der Waals surface area contributed by atoms with Gasteiger partial charge in [0.05, 0.1) is 11.3 Å². The van der Waals surface area contributed by atoms with Crippen LogP contribution in [0.15, 0.2) is 23.1 Å². The maximum atomic E-state index is 12.6. The van der Waals surface area contributed by atoms with Gasteiger partial charge in [0.1, 0.15) is 0 Å². The van der Waals surface area contributed by atoms with E-state index in [-0.39, 0.29) is 35.4 Å². The van der Waals surface area contributed by atoms with Gasteiger partial charge in [-0.2, -0.15) is 0 Å². The van der Waals surface area contributed by atoms with Gasteiger partial charge in [-0.15, -0.1) is 0 Å². The lowest BCUT2D eigenvalue weighted by molar-refractivity contribution is -0.137. The lowest BCUT2D eigenvalue weighted by atomic mass is 10.1. The van der Waals surface area contributed by atoms with Gasteiger partial charge in [-0.25, -0.2) is 13.1 Å². The van der Waals surface area contributed by atoms with Gasteiger partial charge in [0.15, 0.2) is 0 Å². The molecule has 1 aromatic rings. The first-order valence-electron chi connectivity index (χ1n) is 7.88. The summed E-state index contributed by atoms with van der Waals surface area (Å²) in [7, 11) is -3.64. The molecule has 0 atom stereocenters. The maximum Gasteiger partial charge on any atom is 0.305 e. The molecule has 0 aliphatic heterocycles. The highest BCUT2D eigenvalue weighted by atomic mass is 32.2. The van der Waals surface area contributed by atoms with Gasteiger partial charge < -0.3 is 10.0 Å². The fraction of sp³-hybridized carbons (Fsp3) is 0.500. The Balaban J connectivity index is 2.26. The lowest BCUT2D eigenvalue weighted by Crippen LogP contribution is -2.33. The fourth-order valence-corrected chi connectivity index (χ4v) is 3.62. The quantitative estimate of drug-likeness (QED) is 0.734. The highest BCUT2D eigenvalue weighted by molar-refractivity contribution is 7.89. The van der Waals surface area contributed by atoms with Gasteiger partial charge in [-0.05, 0) is 44.4 Å². The van der Waals surface area contributed by atoms with E-state index in [1.807, 2.05) is 0 Å². The number of hydrogen-bond acceptors (Lipinski definition) is 4. The summed E-state index contributed by atoms with van der Waals surface area (Å²) in [6.07, 6.45) is 1.51. The molecule has 1 amide bonds. The summed E-state index contributed by atoms with van der Waals surface area (Å²) in [6, 6.07) is 4.42. The molecule has 1 saturated carbocycles. The van der Waals surface area contributed by atoms with Crippen LogP contribution in [0.2, 0.25) is 0 Å². The van der Waals surface area contributed by atoms with Crippen molar-refractivity contribution in [2.24, 2.45) is 0 Å². The molecule has 0 saturated heterocycles. The Bertz CT molecular complexity index is 741. The van der Waals surface area contributed by atoms with Gasteiger partial charge >= 0.3 is 5.97 Å². The van der Waals surface area contributed by atoms with E-state index in [9.17, 15) is 18.0 Å². The number of nitrogens with zero attached hydrogens (tertiary/aromatic N) is 1. The molecule has 0 radical (unpaired) electrons. The Kier molecular flexibility index (Phi) is 5.61. The molecule has 2 N–H and O–H groups in total. The van der Waals surface area contributed by atoms with E-state index in [4.69, 9.17) is 5.11 Å². The Morgan fingerprint density at radius 3 is 2.54 bits per heavy atom. The topological polar surface area (TPSA) is 104 Å². The number of hydrogen-bond donors (Lipinski definition) is 2. The van der Waals surface area contributed by atoms with Gasteiger partial charge in [0.25, 0.3) is 5.91 Å². The zero-order valence-corrected chi connectivity index (χ0v) is 14.6. The van der Waals surface area contributed by atoms with Crippen LogP contribution < -0.4 is 4.72 Å². The Hall–Kier alpha value is -1.93. The summed E-state index contributed by atoms with van der Waals surface area (Å²) in [4.78, 5) is 24.8. The molecule has 0 bridgehead atoms. The van der Waals surface area contributed by atoms with E-state index in [0.29, 0.717) is 12.1 Å². The predicted octanol–water partition coefficient (Wildman–Crippen LogP) is 1.37. The minimum absolute atomic E-state index is 0.0156. The summed E-state index contributed by atoms with van der Waals surface area (Å²) < 4.78 is 27.2. The van der Waals surface area contributed by atoms with Crippen molar-refractivity contribution >= 4 is 21.9 Å². The number of carboxylic acid groups (broad SMARTS) is 1. The average molecular weight is 354 g/mol. The van der Waals surface area contributed by atoms with E-state index >= 15 is 0 Å². The molecular formula is C16H22N2O5S. The van der Waals surface area contributed by atoms with Gasteiger partial charge in [0, 0.05) is 24.7 Å². The molecule has 0 heterocycles. The molecule has 8 heteroatoms. The van der Waals surface area contributed by atoms with Crippen LogP contribution in [-0.4, -0.2) is 49.4 Å². The van der Waals surface area contributed by atoms with Crippen molar-refractivity contribution in [2.75, 3.05) is 13.1 Å². The fourth-order valence-electron chi connectivity index (χ4n) is 2.29. The zero-order chi connectivity index (χ0) is 17.9. The molecule has 132 valence electrons. The number of sulfonamides is 1. The molecule has 1 fully saturated rings. The molecule has 1 aromatic carbocycles. The number of benzene rings is 1. The van der Waals surface area contributed by atoms with Crippen LogP contribution in [0.3, 0.4) is 0 Å². The monoisotopic (exact) mass is 354 g/mol. The van der Waals surface area contributed by atoms with Crippen molar-refractivity contribution in [3.8, 4) is 0 Å². The number of nitrogens with one attached hydrogen (secondary N) is 1. The molecule has 7 nitrogen and oxygen atoms in total. The number of carboxylic acids is 1. The van der Waals surface area contributed by atoms with Gasteiger partial charge in [-0.3, -0.25) is 9.59 Å². The first kappa shape index (κ1) is 18.4. The molecule has 0 spiro atoms. The van der Waals surface area contributed by atoms with Crippen LogP contribution in [0, 0.1) is 6.92 Å².